The van der Waals surface area contributed by atoms with Crippen molar-refractivity contribution < 1.29 is 14.5 Å². The highest BCUT2D eigenvalue weighted by atomic mass is 16.6. The molecule has 24 heavy (non-hydrogen) atoms. The Morgan fingerprint density at radius 3 is 2.42 bits per heavy atom. The maximum Gasteiger partial charge on any atom is 0.336 e. The van der Waals surface area contributed by atoms with Crippen molar-refractivity contribution in [2.75, 3.05) is 0 Å². The largest absolute Gasteiger partial charge is 0.423 e. The van der Waals surface area contributed by atoms with Crippen LogP contribution in [0, 0.1) is 17.0 Å². The summed E-state index contributed by atoms with van der Waals surface area (Å²) >= 11 is 0. The first kappa shape index (κ1) is 17.4. The number of non-ortho nitro benzene ring substituents is 1. The van der Waals surface area contributed by atoms with Crippen LogP contribution in [0.5, 0.6) is 5.75 Å². The summed E-state index contributed by atoms with van der Waals surface area (Å²) in [5.74, 6) is 0.316. The van der Waals surface area contributed by atoms with Crippen molar-refractivity contribution in [3.8, 4) is 5.75 Å². The van der Waals surface area contributed by atoms with Crippen LogP contribution < -0.4 is 4.74 Å². The molecule has 0 saturated carbocycles. The Balaban J connectivity index is 2.10. The minimum atomic E-state index is -0.485. The minimum absolute atomic E-state index is 0.0102. The summed E-state index contributed by atoms with van der Waals surface area (Å²) in [6, 6.07) is 11.7. The molecule has 0 unspecified atom stereocenters. The Morgan fingerprint density at radius 1 is 1.17 bits per heavy atom. The summed E-state index contributed by atoms with van der Waals surface area (Å²) in [5, 5.41) is 10.6. The molecule has 0 aliphatic rings. The lowest BCUT2D eigenvalue weighted by Gasteiger charge is -2.12. The molecular weight excluding hydrogens is 306 g/mol. The van der Waals surface area contributed by atoms with Crippen LogP contribution in [0.2, 0.25) is 0 Å². The van der Waals surface area contributed by atoms with Gasteiger partial charge in [-0.2, -0.15) is 0 Å². The lowest BCUT2D eigenvalue weighted by molar-refractivity contribution is -0.384. The van der Waals surface area contributed by atoms with E-state index in [9.17, 15) is 14.9 Å². The van der Waals surface area contributed by atoms with E-state index in [1.54, 1.807) is 18.2 Å². The molecule has 0 atom stereocenters. The van der Waals surface area contributed by atoms with Gasteiger partial charge in [0.25, 0.3) is 5.69 Å². The summed E-state index contributed by atoms with van der Waals surface area (Å²) in [5.41, 5.74) is 2.68. The molecule has 2 aromatic carbocycles. The molecule has 5 heteroatoms. The molecule has 0 aliphatic carbocycles. The normalized spacial score (nSPS) is 11.0. The molecule has 124 valence electrons. The number of esters is 1. The summed E-state index contributed by atoms with van der Waals surface area (Å²) in [6.45, 7) is 6.01. The smallest absolute Gasteiger partial charge is 0.336 e. The summed E-state index contributed by atoms with van der Waals surface area (Å²) in [6.07, 6.45) is 2.88. The van der Waals surface area contributed by atoms with E-state index >= 15 is 0 Å². The van der Waals surface area contributed by atoms with Crippen LogP contribution in [0.25, 0.3) is 6.08 Å². The Bertz CT molecular complexity index is 776. The maximum absolute atomic E-state index is 12.0. The third-order valence-electron chi connectivity index (χ3n) is 3.52. The Morgan fingerprint density at radius 2 is 1.83 bits per heavy atom. The number of carbonyl (C=O) groups excluding carboxylic acids is 1. The van der Waals surface area contributed by atoms with Crippen LogP contribution in [0.1, 0.15) is 36.5 Å². The molecule has 0 saturated heterocycles. The zero-order valence-electron chi connectivity index (χ0n) is 13.9. The quantitative estimate of drug-likeness (QED) is 0.264. The van der Waals surface area contributed by atoms with Crippen molar-refractivity contribution in [1.29, 1.82) is 0 Å². The number of benzene rings is 2. The molecule has 0 amide bonds. The van der Waals surface area contributed by atoms with Gasteiger partial charge in [-0.1, -0.05) is 26.0 Å². The summed E-state index contributed by atoms with van der Waals surface area (Å²) in [7, 11) is 0. The number of hydrogen-bond donors (Lipinski definition) is 0. The second kappa shape index (κ2) is 7.55. The van der Waals surface area contributed by atoms with Crippen LogP contribution in [-0.2, 0) is 4.79 Å². The number of rotatable bonds is 5. The van der Waals surface area contributed by atoms with E-state index in [-0.39, 0.29) is 11.6 Å². The van der Waals surface area contributed by atoms with Gasteiger partial charge in [0.05, 0.1) is 4.92 Å². The topological polar surface area (TPSA) is 69.4 Å². The number of carbonyl (C=O) groups is 1. The van der Waals surface area contributed by atoms with Gasteiger partial charge in [-0.25, -0.2) is 4.79 Å². The fourth-order valence-corrected chi connectivity index (χ4v) is 2.22. The van der Waals surface area contributed by atoms with Crippen LogP contribution in [0.4, 0.5) is 5.69 Å². The Hall–Kier alpha value is -2.95. The average molecular weight is 325 g/mol. The molecule has 2 rings (SSSR count). The fraction of sp³-hybridized carbons (Fsp3) is 0.211. The van der Waals surface area contributed by atoms with E-state index in [4.69, 9.17) is 4.74 Å². The van der Waals surface area contributed by atoms with E-state index in [1.165, 1.54) is 18.2 Å². The first-order valence-corrected chi connectivity index (χ1v) is 7.61. The van der Waals surface area contributed by atoms with Crippen LogP contribution >= 0.6 is 0 Å². The molecule has 0 radical (unpaired) electrons. The van der Waals surface area contributed by atoms with Gasteiger partial charge in [0.2, 0.25) is 0 Å². The Labute approximate surface area is 140 Å². The molecule has 0 N–H and O–H groups in total. The van der Waals surface area contributed by atoms with Crippen molar-refractivity contribution in [2.24, 2.45) is 0 Å². The molecule has 2 aromatic rings. The number of nitrogens with zero attached hydrogens (tertiary/aromatic N) is 1. The molecule has 0 bridgehead atoms. The molecule has 0 aromatic heterocycles. The van der Waals surface area contributed by atoms with Crippen molar-refractivity contribution in [3.63, 3.8) is 0 Å². The van der Waals surface area contributed by atoms with Crippen molar-refractivity contribution >= 4 is 17.7 Å². The van der Waals surface area contributed by atoms with Crippen LogP contribution in [0.3, 0.4) is 0 Å². The monoisotopic (exact) mass is 325 g/mol. The van der Waals surface area contributed by atoms with E-state index < -0.39 is 10.9 Å². The molecule has 5 nitrogen and oxygen atoms in total. The van der Waals surface area contributed by atoms with Crippen molar-refractivity contribution in [3.05, 3.63) is 75.3 Å². The van der Waals surface area contributed by atoms with E-state index in [1.807, 2.05) is 39.0 Å². The second-order valence-corrected chi connectivity index (χ2v) is 5.80. The number of hydrogen-bond acceptors (Lipinski definition) is 4. The van der Waals surface area contributed by atoms with Crippen molar-refractivity contribution in [2.45, 2.75) is 26.7 Å². The molecular formula is C19H19NO4. The lowest BCUT2D eigenvalue weighted by Crippen LogP contribution is -2.06. The predicted octanol–water partition coefficient (Wildman–Crippen LogP) is 4.65. The van der Waals surface area contributed by atoms with Gasteiger partial charge in [-0.3, -0.25) is 10.1 Å². The van der Waals surface area contributed by atoms with Gasteiger partial charge >= 0.3 is 5.97 Å². The van der Waals surface area contributed by atoms with Gasteiger partial charge < -0.3 is 4.74 Å². The first-order valence-electron chi connectivity index (χ1n) is 7.61. The SMILES string of the molecule is Cc1ccc(C(C)C)c(OC(=O)/C=C/c2ccc([N+](=O)[O-])cc2)c1. The van der Waals surface area contributed by atoms with Crippen LogP contribution in [-0.4, -0.2) is 10.9 Å². The molecule has 0 spiro atoms. The standard InChI is InChI=1S/C19H19NO4/c1-13(2)17-10-4-14(3)12-18(17)24-19(21)11-7-15-5-8-16(9-6-15)20(22)23/h4-13H,1-3H3/b11-7+. The van der Waals surface area contributed by atoms with E-state index in [0.29, 0.717) is 11.3 Å². The minimum Gasteiger partial charge on any atom is -0.423 e. The number of aryl methyl sites for hydroxylation is 1. The maximum atomic E-state index is 12.0. The fourth-order valence-electron chi connectivity index (χ4n) is 2.22. The van der Waals surface area contributed by atoms with Gasteiger partial charge in [0.15, 0.2) is 0 Å². The van der Waals surface area contributed by atoms with Gasteiger partial charge in [0.1, 0.15) is 5.75 Å². The summed E-state index contributed by atoms with van der Waals surface area (Å²) < 4.78 is 5.44. The van der Waals surface area contributed by atoms with Crippen LogP contribution in [0.15, 0.2) is 48.5 Å². The predicted molar refractivity (Wildman–Crippen MR) is 93.0 cm³/mol. The van der Waals surface area contributed by atoms with E-state index in [2.05, 4.69) is 0 Å². The zero-order chi connectivity index (χ0) is 17.7. The Kier molecular flexibility index (Phi) is 5.47. The average Bonchev–Trinajstić information content (AvgIpc) is 2.53. The number of nitro benzene ring substituents is 1. The van der Waals surface area contributed by atoms with Crippen molar-refractivity contribution in [1.82, 2.24) is 0 Å². The van der Waals surface area contributed by atoms with Gasteiger partial charge in [0, 0.05) is 18.2 Å². The third-order valence-corrected chi connectivity index (χ3v) is 3.52. The van der Waals surface area contributed by atoms with Gasteiger partial charge in [-0.05, 0) is 53.8 Å². The third kappa shape index (κ3) is 4.52. The summed E-state index contributed by atoms with van der Waals surface area (Å²) in [4.78, 5) is 22.2. The number of nitro groups is 1. The highest BCUT2D eigenvalue weighted by Gasteiger charge is 2.11. The van der Waals surface area contributed by atoms with E-state index in [0.717, 1.165) is 11.1 Å². The molecule has 0 heterocycles. The van der Waals surface area contributed by atoms with Gasteiger partial charge in [-0.15, -0.1) is 0 Å². The molecule has 0 aliphatic heterocycles. The zero-order valence-corrected chi connectivity index (χ0v) is 13.9. The molecule has 0 fully saturated rings. The highest BCUT2D eigenvalue weighted by molar-refractivity contribution is 5.89. The number of ether oxygens (including phenoxy) is 1. The second-order valence-electron chi connectivity index (χ2n) is 5.80. The highest BCUT2D eigenvalue weighted by Crippen LogP contribution is 2.27. The first-order chi connectivity index (χ1) is 11.4. The lowest BCUT2D eigenvalue weighted by atomic mass is 10.0.